The van der Waals surface area contributed by atoms with Gasteiger partial charge in [0, 0.05) is 24.6 Å². The summed E-state index contributed by atoms with van der Waals surface area (Å²) in [7, 11) is 0. The molecular formula is C20H26N2O3. The Morgan fingerprint density at radius 2 is 1.92 bits per heavy atom. The van der Waals surface area contributed by atoms with E-state index in [1.165, 1.54) is 12.8 Å². The summed E-state index contributed by atoms with van der Waals surface area (Å²) in [5.74, 6) is -0.577. The Labute approximate surface area is 148 Å². The first-order chi connectivity index (χ1) is 12.1. The molecular weight excluding hydrogens is 316 g/mol. The van der Waals surface area contributed by atoms with Crippen LogP contribution in [0.2, 0.25) is 0 Å². The predicted molar refractivity (Wildman–Crippen MR) is 95.0 cm³/mol. The van der Waals surface area contributed by atoms with Gasteiger partial charge in [-0.15, -0.1) is 0 Å². The van der Waals surface area contributed by atoms with Crippen molar-refractivity contribution in [2.45, 2.75) is 57.9 Å². The number of rotatable bonds is 4. The molecule has 0 radical (unpaired) electrons. The summed E-state index contributed by atoms with van der Waals surface area (Å²) >= 11 is 0. The topological polar surface area (TPSA) is 66.5 Å². The van der Waals surface area contributed by atoms with Gasteiger partial charge in [0.15, 0.2) is 0 Å². The summed E-state index contributed by atoms with van der Waals surface area (Å²) in [4.78, 5) is 37.9. The Balaban J connectivity index is 1.67. The summed E-state index contributed by atoms with van der Waals surface area (Å²) in [5.41, 5.74) is 1.69. The Morgan fingerprint density at radius 1 is 1.16 bits per heavy atom. The van der Waals surface area contributed by atoms with Crippen molar-refractivity contribution in [3.8, 4) is 0 Å². The molecule has 0 spiro atoms. The number of imide groups is 1. The van der Waals surface area contributed by atoms with E-state index in [2.05, 4.69) is 12.2 Å². The van der Waals surface area contributed by atoms with Crippen LogP contribution in [0.4, 0.5) is 0 Å². The molecule has 5 nitrogen and oxygen atoms in total. The largest absolute Gasteiger partial charge is 0.336 e. The van der Waals surface area contributed by atoms with Gasteiger partial charge < -0.3 is 4.90 Å². The number of hydrogen-bond donors (Lipinski definition) is 1. The van der Waals surface area contributed by atoms with Gasteiger partial charge in [0.2, 0.25) is 11.8 Å². The first kappa shape index (κ1) is 17.6. The first-order valence-corrected chi connectivity index (χ1v) is 9.32. The van der Waals surface area contributed by atoms with E-state index in [4.69, 9.17) is 0 Å². The summed E-state index contributed by atoms with van der Waals surface area (Å²) in [6.07, 6.45) is 6.34. The van der Waals surface area contributed by atoms with Crippen LogP contribution in [0.5, 0.6) is 0 Å². The summed E-state index contributed by atoms with van der Waals surface area (Å²) in [6, 6.07) is 7.85. The molecule has 1 N–H and O–H groups in total. The number of likely N-dealkylation sites (tertiary alicyclic amines) is 1. The number of hydrogen-bond acceptors (Lipinski definition) is 3. The average molecular weight is 342 g/mol. The van der Waals surface area contributed by atoms with Crippen molar-refractivity contribution in [1.82, 2.24) is 10.2 Å². The molecule has 0 saturated carbocycles. The minimum atomic E-state index is -0.288. The zero-order valence-electron chi connectivity index (χ0n) is 14.8. The van der Waals surface area contributed by atoms with Crippen LogP contribution >= 0.6 is 0 Å². The molecule has 0 unspecified atom stereocenters. The van der Waals surface area contributed by atoms with Crippen LogP contribution < -0.4 is 5.32 Å². The Hall–Kier alpha value is -2.17. The van der Waals surface area contributed by atoms with Gasteiger partial charge in [-0.05, 0) is 43.4 Å². The highest BCUT2D eigenvalue weighted by molar-refractivity contribution is 6.03. The second-order valence-corrected chi connectivity index (χ2v) is 7.12. The molecule has 0 aromatic heterocycles. The van der Waals surface area contributed by atoms with Crippen LogP contribution in [-0.2, 0) is 16.0 Å². The van der Waals surface area contributed by atoms with E-state index >= 15 is 0 Å². The number of amides is 3. The highest BCUT2D eigenvalue weighted by atomic mass is 16.2. The zero-order valence-corrected chi connectivity index (χ0v) is 14.8. The molecule has 1 aromatic rings. The minimum Gasteiger partial charge on any atom is -0.336 e. The van der Waals surface area contributed by atoms with E-state index in [1.807, 2.05) is 29.2 Å². The number of carbonyl (C=O) groups is 3. The van der Waals surface area contributed by atoms with Gasteiger partial charge in [0.25, 0.3) is 5.91 Å². The van der Waals surface area contributed by atoms with Crippen LogP contribution in [0.25, 0.3) is 0 Å². The number of benzene rings is 1. The van der Waals surface area contributed by atoms with E-state index in [1.54, 1.807) is 0 Å². The fourth-order valence-corrected chi connectivity index (χ4v) is 3.87. The number of carbonyl (C=O) groups excluding carboxylic acids is 3. The highest BCUT2D eigenvalue weighted by Gasteiger charge is 2.30. The van der Waals surface area contributed by atoms with Gasteiger partial charge in [-0.2, -0.15) is 0 Å². The fourth-order valence-electron chi connectivity index (χ4n) is 3.87. The van der Waals surface area contributed by atoms with Crippen LogP contribution in [0.3, 0.4) is 0 Å². The van der Waals surface area contributed by atoms with Crippen LogP contribution in [0.15, 0.2) is 24.3 Å². The van der Waals surface area contributed by atoms with Crippen LogP contribution in [0, 0.1) is 5.92 Å². The summed E-state index contributed by atoms with van der Waals surface area (Å²) < 4.78 is 0. The van der Waals surface area contributed by atoms with Crippen molar-refractivity contribution in [2.75, 3.05) is 6.54 Å². The lowest BCUT2D eigenvalue weighted by Crippen LogP contribution is -2.39. The van der Waals surface area contributed by atoms with E-state index < -0.39 is 0 Å². The van der Waals surface area contributed by atoms with Gasteiger partial charge in [-0.25, -0.2) is 0 Å². The van der Waals surface area contributed by atoms with Crippen molar-refractivity contribution in [1.29, 1.82) is 0 Å². The van der Waals surface area contributed by atoms with Gasteiger partial charge in [0.05, 0.1) is 5.92 Å². The molecule has 2 fully saturated rings. The Kier molecular flexibility index (Phi) is 5.51. The van der Waals surface area contributed by atoms with E-state index in [9.17, 15) is 14.4 Å². The average Bonchev–Trinajstić information content (AvgIpc) is 2.80. The number of nitrogens with one attached hydrogen (secondary N) is 1. The molecule has 134 valence electrons. The minimum absolute atomic E-state index is 0.106. The SMILES string of the molecule is CC[C@@H]1CCCCCN1C(=O)c1ccc(C[C@H]2CC(=O)NC2=O)cc1. The molecule has 2 heterocycles. The molecule has 3 amide bonds. The third kappa shape index (κ3) is 4.09. The summed E-state index contributed by atoms with van der Waals surface area (Å²) in [5, 5.41) is 2.34. The van der Waals surface area contributed by atoms with Crippen LogP contribution in [0.1, 0.15) is 61.4 Å². The van der Waals surface area contributed by atoms with Gasteiger partial charge in [-0.1, -0.05) is 31.9 Å². The highest BCUT2D eigenvalue weighted by Crippen LogP contribution is 2.22. The molecule has 2 aliphatic rings. The Bertz CT molecular complexity index is 653. The Morgan fingerprint density at radius 3 is 2.56 bits per heavy atom. The third-order valence-electron chi connectivity index (χ3n) is 5.36. The third-order valence-corrected chi connectivity index (χ3v) is 5.36. The monoisotopic (exact) mass is 342 g/mol. The lowest BCUT2D eigenvalue weighted by Gasteiger charge is -2.29. The quantitative estimate of drug-likeness (QED) is 0.856. The molecule has 2 atom stereocenters. The summed E-state index contributed by atoms with van der Waals surface area (Å²) in [6.45, 7) is 2.98. The maximum absolute atomic E-state index is 12.9. The number of nitrogens with zero attached hydrogens (tertiary/aromatic N) is 1. The molecule has 5 heteroatoms. The van der Waals surface area contributed by atoms with Crippen LogP contribution in [-0.4, -0.2) is 35.2 Å². The van der Waals surface area contributed by atoms with Gasteiger partial charge >= 0.3 is 0 Å². The molecule has 3 rings (SSSR count). The zero-order chi connectivity index (χ0) is 17.8. The van der Waals surface area contributed by atoms with E-state index in [0.29, 0.717) is 18.0 Å². The molecule has 0 bridgehead atoms. The van der Waals surface area contributed by atoms with Crippen molar-refractivity contribution >= 4 is 17.7 Å². The van der Waals surface area contributed by atoms with Crippen molar-refractivity contribution in [3.05, 3.63) is 35.4 Å². The maximum Gasteiger partial charge on any atom is 0.254 e. The normalized spacial score (nSPS) is 24.1. The standard InChI is InChI=1S/C20H26N2O3/c1-2-17-6-4-3-5-11-22(17)20(25)15-9-7-14(8-10-15)12-16-13-18(23)21-19(16)24/h7-10,16-17H,2-6,11-13H2,1H3,(H,21,23,24)/t16-,17+/m0/s1. The predicted octanol–water partition coefficient (Wildman–Crippen LogP) is 2.69. The smallest absolute Gasteiger partial charge is 0.254 e. The lowest BCUT2D eigenvalue weighted by atomic mass is 9.97. The second kappa shape index (κ2) is 7.81. The van der Waals surface area contributed by atoms with E-state index in [0.717, 1.165) is 31.4 Å². The van der Waals surface area contributed by atoms with Gasteiger partial charge in [-0.3, -0.25) is 19.7 Å². The van der Waals surface area contributed by atoms with Crippen molar-refractivity contribution in [2.24, 2.45) is 5.92 Å². The first-order valence-electron chi connectivity index (χ1n) is 9.32. The second-order valence-electron chi connectivity index (χ2n) is 7.12. The lowest BCUT2D eigenvalue weighted by molar-refractivity contribution is -0.125. The molecule has 0 aliphatic carbocycles. The maximum atomic E-state index is 12.9. The molecule has 25 heavy (non-hydrogen) atoms. The van der Waals surface area contributed by atoms with Crippen molar-refractivity contribution in [3.63, 3.8) is 0 Å². The van der Waals surface area contributed by atoms with Crippen molar-refractivity contribution < 1.29 is 14.4 Å². The molecule has 1 aromatic carbocycles. The molecule has 2 saturated heterocycles. The van der Waals surface area contributed by atoms with Gasteiger partial charge in [0.1, 0.15) is 0 Å². The fraction of sp³-hybridized carbons (Fsp3) is 0.550. The molecule has 2 aliphatic heterocycles. The van der Waals surface area contributed by atoms with E-state index in [-0.39, 0.29) is 30.1 Å².